The molecule has 1 saturated carbocycles. The zero-order valence-electron chi connectivity index (χ0n) is 19.3. The second-order valence-corrected chi connectivity index (χ2v) is 9.10. The highest BCUT2D eigenvalue weighted by atomic mass is 35.5. The van der Waals surface area contributed by atoms with Crippen LogP contribution in [0, 0.1) is 6.92 Å². The molecule has 1 aliphatic carbocycles. The maximum atomic E-state index is 12.9. The van der Waals surface area contributed by atoms with Crippen molar-refractivity contribution in [3.05, 3.63) is 83.3 Å². The second kappa shape index (κ2) is 9.01. The van der Waals surface area contributed by atoms with E-state index in [0.29, 0.717) is 45.0 Å². The van der Waals surface area contributed by atoms with Gasteiger partial charge in [0.05, 0.1) is 11.3 Å². The molecule has 4 heterocycles. The molecule has 10 heteroatoms. The molecule has 1 amide bonds. The molecule has 0 bridgehead atoms. The number of pyridine rings is 2. The van der Waals surface area contributed by atoms with Crippen molar-refractivity contribution in [1.29, 1.82) is 0 Å². The highest BCUT2D eigenvalue weighted by Gasteiger charge is 2.27. The van der Waals surface area contributed by atoms with E-state index in [2.05, 4.69) is 40.5 Å². The van der Waals surface area contributed by atoms with Gasteiger partial charge in [-0.05, 0) is 67.1 Å². The molecule has 0 radical (unpaired) electrons. The molecule has 0 spiro atoms. The largest absolute Gasteiger partial charge is 0.339 e. The van der Waals surface area contributed by atoms with E-state index < -0.39 is 0 Å². The summed E-state index contributed by atoms with van der Waals surface area (Å²) in [5.41, 5.74) is 6.50. The van der Waals surface area contributed by atoms with Gasteiger partial charge in [-0.2, -0.15) is 0 Å². The number of amides is 1. The minimum absolute atomic E-state index is 0.288. The summed E-state index contributed by atoms with van der Waals surface area (Å²) in [6, 6.07) is 11.2. The fourth-order valence-electron chi connectivity index (χ4n) is 4.10. The van der Waals surface area contributed by atoms with Crippen LogP contribution in [0.1, 0.15) is 40.4 Å². The minimum atomic E-state index is -0.288. The van der Waals surface area contributed by atoms with Crippen LogP contribution in [-0.4, -0.2) is 35.8 Å². The number of hydrogen-bond acceptors (Lipinski definition) is 7. The predicted octanol–water partition coefficient (Wildman–Crippen LogP) is 5.65. The Bertz CT molecular complexity index is 1610. The van der Waals surface area contributed by atoms with Crippen molar-refractivity contribution in [3.63, 3.8) is 0 Å². The number of aryl methyl sites for hydroxylation is 1. The van der Waals surface area contributed by atoms with Gasteiger partial charge in [-0.15, -0.1) is 0 Å². The van der Waals surface area contributed by atoms with Crippen molar-refractivity contribution in [2.75, 3.05) is 10.6 Å². The third-order valence-electron chi connectivity index (χ3n) is 6.16. The first-order valence-electron chi connectivity index (χ1n) is 11.5. The van der Waals surface area contributed by atoms with Gasteiger partial charge in [0.25, 0.3) is 5.91 Å². The lowest BCUT2D eigenvalue weighted by molar-refractivity contribution is 0.102. The maximum absolute atomic E-state index is 12.9. The fourth-order valence-corrected chi connectivity index (χ4v) is 4.36. The van der Waals surface area contributed by atoms with E-state index in [0.717, 1.165) is 35.2 Å². The molecule has 0 saturated heterocycles. The van der Waals surface area contributed by atoms with E-state index in [1.165, 1.54) is 6.33 Å². The molecule has 5 aromatic rings. The molecule has 1 fully saturated rings. The third-order valence-corrected chi connectivity index (χ3v) is 6.48. The molecule has 6 rings (SSSR count). The highest BCUT2D eigenvalue weighted by Crippen LogP contribution is 2.43. The van der Waals surface area contributed by atoms with Crippen LogP contribution < -0.4 is 10.6 Å². The normalized spacial score (nSPS) is 13.1. The standard InChI is InChI=1S/C26H21ClN8O/c1-14-4-7-16(34-26(36)21-10-18(15-5-6-15)19(27)11-29-21)9-20(14)35-24-17(3-2-8-28-24)22-23-25(32-12-30-22)33-13-31-23/h2-4,7-13,15H,5-6H2,1H3,(H,28,35)(H,34,36)(H,30,31,32,33). The van der Waals surface area contributed by atoms with Crippen molar-refractivity contribution in [3.8, 4) is 11.3 Å². The lowest BCUT2D eigenvalue weighted by Gasteiger charge is -2.14. The van der Waals surface area contributed by atoms with E-state index in [4.69, 9.17) is 11.6 Å². The Morgan fingerprint density at radius 3 is 2.83 bits per heavy atom. The van der Waals surface area contributed by atoms with Crippen molar-refractivity contribution in [2.24, 2.45) is 0 Å². The fraction of sp³-hybridized carbons (Fsp3) is 0.154. The molecule has 1 aliphatic rings. The van der Waals surface area contributed by atoms with Gasteiger partial charge in [-0.25, -0.2) is 24.9 Å². The number of hydrogen-bond donors (Lipinski definition) is 3. The number of fused-ring (bicyclic) bond motifs is 1. The predicted molar refractivity (Wildman–Crippen MR) is 139 cm³/mol. The summed E-state index contributed by atoms with van der Waals surface area (Å²) < 4.78 is 0. The Hall–Kier alpha value is -4.37. The molecule has 1 aromatic carbocycles. The van der Waals surface area contributed by atoms with Crippen LogP contribution in [-0.2, 0) is 0 Å². The number of nitrogens with one attached hydrogen (secondary N) is 3. The van der Waals surface area contributed by atoms with Gasteiger partial charge in [-0.3, -0.25) is 4.79 Å². The van der Waals surface area contributed by atoms with Crippen LogP contribution in [0.4, 0.5) is 17.2 Å². The van der Waals surface area contributed by atoms with Gasteiger partial charge in [0.15, 0.2) is 5.65 Å². The van der Waals surface area contributed by atoms with E-state index in [1.807, 2.05) is 37.3 Å². The van der Waals surface area contributed by atoms with Crippen molar-refractivity contribution < 1.29 is 4.79 Å². The van der Waals surface area contributed by atoms with Gasteiger partial charge in [0.1, 0.15) is 29.0 Å². The van der Waals surface area contributed by atoms with Crippen molar-refractivity contribution in [2.45, 2.75) is 25.7 Å². The van der Waals surface area contributed by atoms with Crippen LogP contribution in [0.5, 0.6) is 0 Å². The van der Waals surface area contributed by atoms with Gasteiger partial charge in [0, 0.05) is 29.3 Å². The molecular weight excluding hydrogens is 476 g/mol. The van der Waals surface area contributed by atoms with Crippen LogP contribution in [0.25, 0.3) is 22.4 Å². The third kappa shape index (κ3) is 4.25. The number of anilines is 3. The van der Waals surface area contributed by atoms with Crippen LogP contribution in [0.2, 0.25) is 5.02 Å². The van der Waals surface area contributed by atoms with E-state index >= 15 is 0 Å². The Kier molecular flexibility index (Phi) is 5.54. The van der Waals surface area contributed by atoms with E-state index in [1.54, 1.807) is 24.8 Å². The Balaban J connectivity index is 1.28. The number of imidazole rings is 1. The van der Waals surface area contributed by atoms with E-state index in [9.17, 15) is 4.79 Å². The zero-order valence-corrected chi connectivity index (χ0v) is 20.0. The number of carbonyl (C=O) groups is 1. The first-order chi connectivity index (χ1) is 17.6. The summed E-state index contributed by atoms with van der Waals surface area (Å²) in [4.78, 5) is 37.7. The second-order valence-electron chi connectivity index (χ2n) is 8.70. The summed E-state index contributed by atoms with van der Waals surface area (Å²) in [5.74, 6) is 0.747. The zero-order chi connectivity index (χ0) is 24.6. The smallest absolute Gasteiger partial charge is 0.274 e. The van der Waals surface area contributed by atoms with Gasteiger partial charge in [-0.1, -0.05) is 17.7 Å². The Labute approximate surface area is 211 Å². The molecule has 36 heavy (non-hydrogen) atoms. The summed E-state index contributed by atoms with van der Waals surface area (Å²) in [5, 5.41) is 6.95. The van der Waals surface area contributed by atoms with Crippen molar-refractivity contribution in [1.82, 2.24) is 29.9 Å². The molecule has 0 atom stereocenters. The Morgan fingerprint density at radius 1 is 1.08 bits per heavy atom. The number of rotatable bonds is 6. The van der Waals surface area contributed by atoms with Crippen LogP contribution in [0.15, 0.2) is 61.4 Å². The first-order valence-corrected chi connectivity index (χ1v) is 11.9. The average Bonchev–Trinajstić information content (AvgIpc) is 3.62. The molecule has 3 N–H and O–H groups in total. The van der Waals surface area contributed by atoms with Gasteiger partial charge >= 0.3 is 0 Å². The monoisotopic (exact) mass is 496 g/mol. The first kappa shape index (κ1) is 22.1. The molecule has 0 unspecified atom stereocenters. The summed E-state index contributed by atoms with van der Waals surface area (Å²) >= 11 is 6.27. The quantitative estimate of drug-likeness (QED) is 0.278. The van der Waals surface area contributed by atoms with Crippen LogP contribution >= 0.6 is 11.6 Å². The number of nitrogens with zero attached hydrogens (tertiary/aromatic N) is 5. The van der Waals surface area contributed by atoms with Gasteiger partial charge < -0.3 is 15.6 Å². The number of aromatic amines is 1. The number of benzene rings is 1. The van der Waals surface area contributed by atoms with E-state index in [-0.39, 0.29) is 5.91 Å². The lowest BCUT2D eigenvalue weighted by Crippen LogP contribution is -2.14. The maximum Gasteiger partial charge on any atom is 0.274 e. The summed E-state index contributed by atoms with van der Waals surface area (Å²) in [6.07, 6.45) is 8.53. The average molecular weight is 497 g/mol. The number of H-pyrrole nitrogens is 1. The SMILES string of the molecule is Cc1ccc(NC(=O)c2cc(C3CC3)c(Cl)cn2)cc1Nc1ncccc1-c1ncnc2[nH]cnc12. The lowest BCUT2D eigenvalue weighted by atomic mass is 10.1. The molecule has 0 aliphatic heterocycles. The highest BCUT2D eigenvalue weighted by molar-refractivity contribution is 6.31. The molecule has 4 aromatic heterocycles. The molecule has 178 valence electrons. The molecule has 9 nitrogen and oxygen atoms in total. The molecular formula is C26H21ClN8O. The topological polar surface area (TPSA) is 121 Å². The minimum Gasteiger partial charge on any atom is -0.339 e. The van der Waals surface area contributed by atoms with Gasteiger partial charge in [0.2, 0.25) is 0 Å². The number of halogens is 1. The Morgan fingerprint density at radius 2 is 1.97 bits per heavy atom. The van der Waals surface area contributed by atoms with Crippen LogP contribution in [0.3, 0.4) is 0 Å². The summed E-state index contributed by atoms with van der Waals surface area (Å²) in [6.45, 7) is 1.98. The van der Waals surface area contributed by atoms with Crippen molar-refractivity contribution >= 4 is 45.9 Å². The summed E-state index contributed by atoms with van der Waals surface area (Å²) in [7, 11) is 0. The number of carbonyl (C=O) groups excluding carboxylic acids is 1. The number of aromatic nitrogens is 6.